The molecule has 0 spiro atoms. The number of hydrogen-bond donors (Lipinski definition) is 2. The van der Waals surface area contributed by atoms with E-state index in [-0.39, 0.29) is 23.2 Å². The number of hydrogen-bond acceptors (Lipinski definition) is 2. The van der Waals surface area contributed by atoms with Crippen LogP contribution in [0.25, 0.3) is 0 Å². The molecule has 0 aliphatic carbocycles. The first-order valence-electron chi connectivity index (χ1n) is 7.76. The number of aliphatic hydroxyl groups excluding tert-OH is 1. The van der Waals surface area contributed by atoms with E-state index in [1.165, 1.54) is 23.1 Å². The lowest BCUT2D eigenvalue weighted by molar-refractivity contribution is 0.143. The minimum Gasteiger partial charge on any atom is -0.391 e. The summed E-state index contributed by atoms with van der Waals surface area (Å²) in [5, 5.41) is 12.7. The first kappa shape index (κ1) is 16.7. The van der Waals surface area contributed by atoms with Crippen molar-refractivity contribution in [2.75, 3.05) is 18.4 Å². The zero-order chi connectivity index (χ0) is 17.1. The second-order valence-corrected chi connectivity index (χ2v) is 6.33. The molecule has 0 bridgehead atoms. The Morgan fingerprint density at radius 1 is 1.21 bits per heavy atom. The maximum absolute atomic E-state index is 13.4. The van der Waals surface area contributed by atoms with Crippen molar-refractivity contribution >= 4 is 23.3 Å². The van der Waals surface area contributed by atoms with Gasteiger partial charge in [-0.15, -0.1) is 0 Å². The number of benzene rings is 2. The van der Waals surface area contributed by atoms with Crippen LogP contribution < -0.4 is 5.32 Å². The third-order valence-electron chi connectivity index (χ3n) is 4.23. The van der Waals surface area contributed by atoms with Crippen LogP contribution in [0.1, 0.15) is 5.56 Å². The molecule has 0 saturated carbocycles. The maximum atomic E-state index is 13.4. The molecular formula is C18H18ClFN2O2. The van der Waals surface area contributed by atoms with Crippen molar-refractivity contribution in [3.05, 3.63) is 64.9 Å². The number of nitrogens with zero attached hydrogens (tertiary/aromatic N) is 1. The highest BCUT2D eigenvalue weighted by Crippen LogP contribution is 2.26. The summed E-state index contributed by atoms with van der Waals surface area (Å²) in [7, 11) is 0. The summed E-state index contributed by atoms with van der Waals surface area (Å²) in [5.41, 5.74) is 1.35. The Morgan fingerprint density at radius 3 is 2.71 bits per heavy atom. The number of anilines is 1. The predicted molar refractivity (Wildman–Crippen MR) is 91.6 cm³/mol. The Labute approximate surface area is 144 Å². The van der Waals surface area contributed by atoms with Crippen molar-refractivity contribution in [1.82, 2.24) is 4.90 Å². The van der Waals surface area contributed by atoms with Gasteiger partial charge in [0.15, 0.2) is 0 Å². The van der Waals surface area contributed by atoms with E-state index in [1.807, 2.05) is 30.3 Å². The number of carbonyl (C=O) groups is 1. The first-order valence-corrected chi connectivity index (χ1v) is 8.14. The minimum absolute atomic E-state index is 0.0267. The fraction of sp³-hybridized carbons (Fsp3) is 0.278. The van der Waals surface area contributed by atoms with Crippen molar-refractivity contribution in [2.45, 2.75) is 12.5 Å². The zero-order valence-corrected chi connectivity index (χ0v) is 13.7. The summed E-state index contributed by atoms with van der Waals surface area (Å²) in [4.78, 5) is 13.9. The van der Waals surface area contributed by atoms with E-state index in [2.05, 4.69) is 5.32 Å². The smallest absolute Gasteiger partial charge is 0.321 e. The molecule has 0 unspecified atom stereocenters. The molecule has 0 radical (unpaired) electrons. The molecule has 1 aliphatic rings. The number of aliphatic hydroxyl groups is 1. The van der Waals surface area contributed by atoms with Crippen LogP contribution in [-0.4, -0.2) is 35.2 Å². The Kier molecular flexibility index (Phi) is 5.02. The van der Waals surface area contributed by atoms with Gasteiger partial charge in [-0.1, -0.05) is 48.0 Å². The summed E-state index contributed by atoms with van der Waals surface area (Å²) in [6, 6.07) is 13.7. The molecule has 2 aromatic rings. The molecule has 2 N–H and O–H groups in total. The van der Waals surface area contributed by atoms with E-state index in [0.717, 1.165) is 5.56 Å². The number of likely N-dealkylation sites (tertiary alicyclic amines) is 1. The molecule has 1 aliphatic heterocycles. The van der Waals surface area contributed by atoms with Crippen LogP contribution in [0.15, 0.2) is 48.5 Å². The van der Waals surface area contributed by atoms with Gasteiger partial charge in [-0.05, 0) is 24.1 Å². The van der Waals surface area contributed by atoms with Crippen LogP contribution in [0.3, 0.4) is 0 Å². The van der Waals surface area contributed by atoms with Gasteiger partial charge in [0.05, 0.1) is 16.8 Å². The van der Waals surface area contributed by atoms with Crippen LogP contribution >= 0.6 is 11.6 Å². The quantitative estimate of drug-likeness (QED) is 0.891. The first-order chi connectivity index (χ1) is 11.5. The molecule has 24 heavy (non-hydrogen) atoms. The lowest BCUT2D eigenvalue weighted by atomic mass is 9.97. The molecule has 0 aromatic heterocycles. The Balaban J connectivity index is 1.63. The van der Waals surface area contributed by atoms with Gasteiger partial charge < -0.3 is 15.3 Å². The van der Waals surface area contributed by atoms with Gasteiger partial charge in [0, 0.05) is 19.0 Å². The third kappa shape index (κ3) is 3.68. The highest BCUT2D eigenvalue weighted by Gasteiger charge is 2.34. The molecule has 3 rings (SSSR count). The summed E-state index contributed by atoms with van der Waals surface area (Å²) in [6.45, 7) is 0.686. The average molecular weight is 349 g/mol. The standard InChI is InChI=1S/C18H18ClFN2O2/c19-17-14(20)7-4-8-15(17)21-18(24)22-10-13(16(23)11-22)9-12-5-2-1-3-6-12/h1-8,13,16,23H,9-11H2,(H,21,24)/t13-,16-/m0/s1. The fourth-order valence-electron chi connectivity index (χ4n) is 2.93. The largest absolute Gasteiger partial charge is 0.391 e. The van der Waals surface area contributed by atoms with Gasteiger partial charge in [0.25, 0.3) is 0 Å². The lowest BCUT2D eigenvalue weighted by Gasteiger charge is -2.17. The van der Waals surface area contributed by atoms with Gasteiger partial charge in [-0.25, -0.2) is 9.18 Å². The summed E-state index contributed by atoms with van der Waals surface area (Å²) >= 11 is 5.85. The van der Waals surface area contributed by atoms with E-state index >= 15 is 0 Å². The van der Waals surface area contributed by atoms with Gasteiger partial charge in [-0.3, -0.25) is 0 Å². The van der Waals surface area contributed by atoms with Crippen LogP contribution in [0.5, 0.6) is 0 Å². The molecule has 4 nitrogen and oxygen atoms in total. The third-order valence-corrected chi connectivity index (χ3v) is 4.61. The number of rotatable bonds is 3. The highest BCUT2D eigenvalue weighted by molar-refractivity contribution is 6.33. The van der Waals surface area contributed by atoms with Gasteiger partial charge >= 0.3 is 6.03 Å². The molecule has 2 amide bonds. The Morgan fingerprint density at radius 2 is 1.96 bits per heavy atom. The maximum Gasteiger partial charge on any atom is 0.321 e. The number of β-amino-alcohol motifs (C(OH)–C–C–N with tert-alkyl or cyclic N) is 1. The number of carbonyl (C=O) groups excluding carboxylic acids is 1. The average Bonchev–Trinajstić information content (AvgIpc) is 2.94. The van der Waals surface area contributed by atoms with Crippen LogP contribution in [0.2, 0.25) is 5.02 Å². The molecule has 1 saturated heterocycles. The van der Waals surface area contributed by atoms with Crippen molar-refractivity contribution in [3.8, 4) is 0 Å². The van der Waals surface area contributed by atoms with E-state index < -0.39 is 18.0 Å². The second-order valence-electron chi connectivity index (χ2n) is 5.95. The topological polar surface area (TPSA) is 52.6 Å². The van der Waals surface area contributed by atoms with Crippen LogP contribution in [0.4, 0.5) is 14.9 Å². The molecule has 6 heteroatoms. The molecule has 2 aromatic carbocycles. The summed E-state index contributed by atoms with van der Waals surface area (Å²) < 4.78 is 13.4. The Hall–Kier alpha value is -2.11. The second kappa shape index (κ2) is 7.20. The minimum atomic E-state index is -0.585. The SMILES string of the molecule is O=C(Nc1cccc(F)c1Cl)N1C[C@H](Cc2ccccc2)[C@@H](O)C1. The van der Waals surface area contributed by atoms with Gasteiger partial charge in [0.2, 0.25) is 0 Å². The number of amides is 2. The molecule has 126 valence electrons. The fourth-order valence-corrected chi connectivity index (χ4v) is 3.11. The molecule has 1 heterocycles. The van der Waals surface area contributed by atoms with E-state index in [1.54, 1.807) is 0 Å². The van der Waals surface area contributed by atoms with E-state index in [4.69, 9.17) is 11.6 Å². The van der Waals surface area contributed by atoms with Crippen molar-refractivity contribution in [3.63, 3.8) is 0 Å². The van der Waals surface area contributed by atoms with Crippen molar-refractivity contribution < 1.29 is 14.3 Å². The van der Waals surface area contributed by atoms with E-state index in [9.17, 15) is 14.3 Å². The molecular weight excluding hydrogens is 331 g/mol. The molecule has 2 atom stereocenters. The zero-order valence-electron chi connectivity index (χ0n) is 13.0. The number of urea groups is 1. The monoisotopic (exact) mass is 348 g/mol. The summed E-state index contributed by atoms with van der Waals surface area (Å²) in [5.74, 6) is -0.612. The normalized spacial score (nSPS) is 20.2. The van der Waals surface area contributed by atoms with Crippen LogP contribution in [0, 0.1) is 11.7 Å². The molecule has 1 fully saturated rings. The van der Waals surface area contributed by atoms with E-state index in [0.29, 0.717) is 13.0 Å². The lowest BCUT2D eigenvalue weighted by Crippen LogP contribution is -2.33. The van der Waals surface area contributed by atoms with Crippen molar-refractivity contribution in [1.29, 1.82) is 0 Å². The predicted octanol–water partition coefficient (Wildman–Crippen LogP) is 3.55. The number of halogens is 2. The summed E-state index contributed by atoms with van der Waals surface area (Å²) in [6.07, 6.45) is 0.117. The van der Waals surface area contributed by atoms with Crippen LogP contribution in [-0.2, 0) is 6.42 Å². The highest BCUT2D eigenvalue weighted by atomic mass is 35.5. The van der Waals surface area contributed by atoms with Crippen molar-refractivity contribution in [2.24, 2.45) is 5.92 Å². The van der Waals surface area contributed by atoms with Gasteiger partial charge in [-0.2, -0.15) is 0 Å². The Bertz CT molecular complexity index is 726. The van der Waals surface area contributed by atoms with Gasteiger partial charge in [0.1, 0.15) is 5.82 Å². The number of nitrogens with one attached hydrogen (secondary N) is 1.